The Labute approximate surface area is 388 Å². The van der Waals surface area contributed by atoms with E-state index in [1.54, 1.807) is 6.08 Å². The van der Waals surface area contributed by atoms with Crippen molar-refractivity contribution in [3.8, 4) is 0 Å². The van der Waals surface area contributed by atoms with E-state index in [9.17, 15) is 45.6 Å². The zero-order valence-electron chi connectivity index (χ0n) is 38.4. The lowest BCUT2D eigenvalue weighted by atomic mass is 9.97. The Hall–Kier alpha value is -3.53. The van der Waals surface area contributed by atoms with Crippen LogP contribution in [0.25, 0.3) is 16.5 Å². The number of allylic oxidation sites excluding steroid dienone is 3. The molecular formula is C47H76N6O13. The number of aryl methyl sites for hydroxylation is 1. The van der Waals surface area contributed by atoms with E-state index in [1.165, 1.54) is 51.4 Å². The molecule has 1 amide bonds. The van der Waals surface area contributed by atoms with E-state index in [0.29, 0.717) is 18.7 Å². The molecule has 4 rings (SSSR count). The molecule has 12 atom stereocenters. The van der Waals surface area contributed by atoms with Gasteiger partial charge in [0, 0.05) is 35.0 Å². The van der Waals surface area contributed by atoms with Gasteiger partial charge >= 0.3 is 0 Å². The summed E-state index contributed by atoms with van der Waals surface area (Å²) in [5, 5.41) is 90.4. The predicted molar refractivity (Wildman–Crippen MR) is 247 cm³/mol. The molecule has 19 heteroatoms. The van der Waals surface area contributed by atoms with E-state index >= 15 is 0 Å². The summed E-state index contributed by atoms with van der Waals surface area (Å²) in [7, 11) is 0. The number of aliphatic imine (C=N–C) groups is 1. The summed E-state index contributed by atoms with van der Waals surface area (Å²) in [6.07, 6.45) is 9.73. The van der Waals surface area contributed by atoms with Crippen LogP contribution in [0.4, 0.5) is 0 Å². The second kappa shape index (κ2) is 30.8. The third kappa shape index (κ3) is 18.5. The lowest BCUT2D eigenvalue weighted by Crippen LogP contribution is -2.65. The van der Waals surface area contributed by atoms with Crippen LogP contribution in [0.15, 0.2) is 52.2 Å². The van der Waals surface area contributed by atoms with Gasteiger partial charge in [-0.15, -0.1) is 0 Å². The highest BCUT2D eigenvalue weighted by molar-refractivity contribution is 6.00. The van der Waals surface area contributed by atoms with Crippen molar-refractivity contribution in [2.45, 2.75) is 196 Å². The van der Waals surface area contributed by atoms with Gasteiger partial charge in [0.1, 0.15) is 48.8 Å². The second-order valence-electron chi connectivity index (χ2n) is 17.5. The molecule has 2 unspecified atom stereocenters. The summed E-state index contributed by atoms with van der Waals surface area (Å²) in [5.41, 5.74) is 11.8. The average Bonchev–Trinajstić information content (AvgIpc) is 3.97. The summed E-state index contributed by atoms with van der Waals surface area (Å²) < 4.78 is 22.7. The van der Waals surface area contributed by atoms with Crippen LogP contribution in [0.1, 0.15) is 127 Å². The minimum Gasteiger partial charge on any atom is -0.394 e. The Morgan fingerprint density at radius 1 is 0.848 bits per heavy atom. The van der Waals surface area contributed by atoms with Crippen LogP contribution in [0, 0.1) is 0 Å². The maximum atomic E-state index is 13.4. The maximum Gasteiger partial charge on any atom is 0.220 e. The number of carbonyl (C=O) groups excluding carboxylic acids is 1. The summed E-state index contributed by atoms with van der Waals surface area (Å²) in [5.74, 6) is -0.394. The molecule has 2 fully saturated rings. The van der Waals surface area contributed by atoms with Crippen molar-refractivity contribution in [3.63, 3.8) is 0 Å². The highest BCUT2D eigenvalue weighted by Crippen LogP contribution is 2.30. The van der Waals surface area contributed by atoms with Crippen LogP contribution < -0.4 is 5.32 Å². The SMILES string of the molecule is CCCCCCCCCCCCC/C=C/C(O)C(CO[C@@H]1O[C@H](CO)[C@@H](O[C@@H]2O[C@H](CO)[C@H](O)[C@H](O)[C@H]2O)[C@H](O)[C@H]1O)NC(=O)CCC1=N/C(=C/c2ccc(CCCCCN=[N+]=[N-])[nH]2)C=C1. The third-order valence-corrected chi connectivity index (χ3v) is 12.1. The number of nitrogens with zero attached hydrogens (tertiary/aromatic N) is 4. The van der Waals surface area contributed by atoms with Crippen molar-refractivity contribution >= 4 is 17.7 Å². The molecule has 10 N–H and O–H groups in total. The second-order valence-corrected chi connectivity index (χ2v) is 17.5. The summed E-state index contributed by atoms with van der Waals surface area (Å²) in [6.45, 7) is 0.878. The maximum absolute atomic E-state index is 13.4. The highest BCUT2D eigenvalue weighted by Gasteiger charge is 2.51. The first kappa shape index (κ1) is 55.1. The Morgan fingerprint density at radius 3 is 2.21 bits per heavy atom. The van der Waals surface area contributed by atoms with Crippen molar-refractivity contribution in [1.82, 2.24) is 10.3 Å². The van der Waals surface area contributed by atoms with Gasteiger partial charge in [0.05, 0.1) is 37.7 Å². The van der Waals surface area contributed by atoms with Gasteiger partial charge in [-0.2, -0.15) is 0 Å². The van der Waals surface area contributed by atoms with Crippen LogP contribution in [0.3, 0.4) is 0 Å². The molecule has 1 aromatic heterocycles. The van der Waals surface area contributed by atoms with Crippen LogP contribution in [-0.4, -0.2) is 157 Å². The zero-order valence-corrected chi connectivity index (χ0v) is 38.4. The molecule has 0 saturated carbocycles. The van der Waals surface area contributed by atoms with E-state index in [2.05, 4.69) is 32.2 Å². The number of amides is 1. The summed E-state index contributed by atoms with van der Waals surface area (Å²) >= 11 is 0. The Balaban J connectivity index is 1.31. The van der Waals surface area contributed by atoms with Gasteiger partial charge in [-0.3, -0.25) is 9.79 Å². The third-order valence-electron chi connectivity index (χ3n) is 12.1. The molecule has 372 valence electrons. The van der Waals surface area contributed by atoms with Crippen LogP contribution in [-0.2, 0) is 30.2 Å². The number of aromatic amines is 1. The fraction of sp³-hybridized carbons (Fsp3) is 0.745. The Morgan fingerprint density at radius 2 is 1.52 bits per heavy atom. The first-order valence-corrected chi connectivity index (χ1v) is 24.0. The van der Waals surface area contributed by atoms with Gasteiger partial charge in [-0.1, -0.05) is 94.8 Å². The molecule has 3 aliphatic rings. The topological polar surface area (TPSA) is 305 Å². The molecule has 3 aliphatic heterocycles. The average molecular weight is 933 g/mol. The van der Waals surface area contributed by atoms with Crippen molar-refractivity contribution in [1.29, 1.82) is 0 Å². The molecule has 0 aliphatic carbocycles. The quantitative estimate of drug-likeness (QED) is 0.0161. The van der Waals surface area contributed by atoms with Crippen LogP contribution >= 0.6 is 0 Å². The lowest BCUT2D eigenvalue weighted by Gasteiger charge is -2.46. The molecule has 1 aromatic rings. The molecular weight excluding hydrogens is 857 g/mol. The van der Waals surface area contributed by atoms with E-state index in [-0.39, 0.29) is 13.0 Å². The van der Waals surface area contributed by atoms with Crippen LogP contribution in [0.2, 0.25) is 0 Å². The molecule has 66 heavy (non-hydrogen) atoms. The van der Waals surface area contributed by atoms with Gasteiger partial charge < -0.3 is 70.1 Å². The molecule has 19 nitrogen and oxygen atoms in total. The molecule has 4 heterocycles. The number of aliphatic hydroxyl groups is 8. The first-order valence-electron chi connectivity index (χ1n) is 24.0. The zero-order chi connectivity index (χ0) is 47.7. The van der Waals surface area contributed by atoms with E-state index in [0.717, 1.165) is 68.5 Å². The number of aromatic nitrogens is 1. The molecule has 0 aromatic carbocycles. The van der Waals surface area contributed by atoms with Crippen molar-refractivity contribution < 1.29 is 64.6 Å². The molecule has 0 radical (unpaired) electrons. The standard InChI is InChI=1S/C47H76N6O13/c1-2-3-4-5-6-7-8-9-10-11-12-13-16-19-36(56)35(30-63-46-44(62)42(60)45(38(29-55)65-46)66-47-43(61)41(59)40(58)37(28-54)64-47)52-39(57)25-24-32-21-23-34(51-32)27-33-22-20-31(50-33)18-15-14-17-26-49-53-48/h16,19-23,27,35-38,40-47,50,54-56,58-62H,2-15,17-18,24-26,28-30H2,1H3,(H,52,57)/b19-16+,34-27+/t35?,36?,37-,38-,40+,41+,42-,43-,44-,45-,46-,47+/m1/s1. The van der Waals surface area contributed by atoms with Crippen molar-refractivity contribution in [2.24, 2.45) is 10.1 Å². The van der Waals surface area contributed by atoms with E-state index < -0.39 is 92.7 Å². The van der Waals surface area contributed by atoms with E-state index in [1.807, 2.05) is 36.4 Å². The number of rotatable bonds is 32. The lowest BCUT2D eigenvalue weighted by molar-refractivity contribution is -0.359. The Bertz CT molecular complexity index is 1720. The van der Waals surface area contributed by atoms with Crippen molar-refractivity contribution in [2.75, 3.05) is 26.4 Å². The number of carbonyl (C=O) groups is 1. The number of unbranched alkanes of at least 4 members (excludes halogenated alkanes) is 13. The summed E-state index contributed by atoms with van der Waals surface area (Å²) in [6, 6.07) is 3.00. The number of ether oxygens (including phenoxy) is 4. The fourth-order valence-electron chi connectivity index (χ4n) is 8.14. The minimum absolute atomic E-state index is 0.0410. The van der Waals surface area contributed by atoms with Crippen LogP contribution in [0.5, 0.6) is 0 Å². The minimum atomic E-state index is -1.81. The van der Waals surface area contributed by atoms with Crippen molar-refractivity contribution in [3.05, 3.63) is 64.0 Å². The van der Waals surface area contributed by atoms with Gasteiger partial charge in [-0.05, 0) is 74.4 Å². The fourth-order valence-corrected chi connectivity index (χ4v) is 8.14. The number of azide groups is 1. The van der Waals surface area contributed by atoms with Gasteiger partial charge in [0.2, 0.25) is 5.91 Å². The number of hydrogen-bond acceptors (Lipinski definition) is 15. The summed E-state index contributed by atoms with van der Waals surface area (Å²) in [4.78, 5) is 24.2. The molecule has 0 spiro atoms. The molecule has 2 saturated heterocycles. The first-order chi connectivity index (χ1) is 32.0. The van der Waals surface area contributed by atoms with E-state index in [4.69, 9.17) is 24.5 Å². The monoisotopic (exact) mass is 933 g/mol. The predicted octanol–water partition coefficient (Wildman–Crippen LogP) is 3.91. The number of aliphatic hydroxyl groups excluding tert-OH is 8. The largest absolute Gasteiger partial charge is 0.394 e. The van der Waals surface area contributed by atoms with Gasteiger partial charge in [-0.25, -0.2) is 0 Å². The molecule has 0 bridgehead atoms. The Kier molecular flexibility index (Phi) is 25.7. The smallest absolute Gasteiger partial charge is 0.220 e. The highest BCUT2D eigenvalue weighted by atomic mass is 16.7. The van der Waals surface area contributed by atoms with Gasteiger partial charge in [0.25, 0.3) is 0 Å². The number of H-pyrrole nitrogens is 1. The number of nitrogens with one attached hydrogen (secondary N) is 2. The normalized spacial score (nSPS) is 28.1. The number of hydrogen-bond donors (Lipinski definition) is 10. The van der Waals surface area contributed by atoms with Gasteiger partial charge in [0.15, 0.2) is 12.6 Å².